The molecule has 3 rings (SSSR count). The lowest BCUT2D eigenvalue weighted by molar-refractivity contribution is -0.124. The Balaban J connectivity index is 1.83. The van der Waals surface area contributed by atoms with Crippen LogP contribution in [0.3, 0.4) is 0 Å². The van der Waals surface area contributed by atoms with E-state index >= 15 is 0 Å². The first-order chi connectivity index (χ1) is 13.4. The summed E-state index contributed by atoms with van der Waals surface area (Å²) >= 11 is 0. The largest absolute Gasteiger partial charge is 0.483 e. The molecular weight excluding hydrogens is 356 g/mol. The van der Waals surface area contributed by atoms with E-state index in [1.54, 1.807) is 4.68 Å². The highest BCUT2D eigenvalue weighted by Gasteiger charge is 2.16. The first kappa shape index (κ1) is 19.6. The predicted octanol–water partition coefficient (Wildman–Crippen LogP) is 2.75. The zero-order valence-corrected chi connectivity index (χ0v) is 16.7. The molecule has 0 fully saturated rings. The van der Waals surface area contributed by atoms with Crippen molar-refractivity contribution in [1.29, 1.82) is 0 Å². The highest BCUT2D eigenvalue weighted by Crippen LogP contribution is 2.29. The summed E-state index contributed by atoms with van der Waals surface area (Å²) in [5, 5.41) is 20.0. The number of fused-ring (bicyclic) bond motifs is 1. The molecule has 2 aromatic carbocycles. The van der Waals surface area contributed by atoms with Gasteiger partial charge in [-0.15, -0.1) is 0 Å². The third-order valence-corrected chi connectivity index (χ3v) is 4.13. The van der Waals surface area contributed by atoms with Crippen LogP contribution in [0.1, 0.15) is 33.3 Å². The molecule has 0 aliphatic carbocycles. The van der Waals surface area contributed by atoms with Gasteiger partial charge in [0.05, 0.1) is 0 Å². The lowest BCUT2D eigenvalue weighted by Gasteiger charge is -2.21. The van der Waals surface area contributed by atoms with Crippen LogP contribution < -0.4 is 15.4 Å². The van der Waals surface area contributed by atoms with Gasteiger partial charge in [0.15, 0.2) is 6.61 Å². The van der Waals surface area contributed by atoms with Crippen molar-refractivity contribution in [3.63, 3.8) is 0 Å². The van der Waals surface area contributed by atoms with Crippen LogP contribution in [0.4, 0.5) is 5.95 Å². The average Bonchev–Trinajstić information content (AvgIpc) is 3.11. The molecule has 0 aliphatic rings. The van der Waals surface area contributed by atoms with Crippen molar-refractivity contribution < 1.29 is 9.53 Å². The topological polar surface area (TPSA) is 94.0 Å². The minimum atomic E-state index is -0.300. The van der Waals surface area contributed by atoms with Gasteiger partial charge in [-0.2, -0.15) is 0 Å². The average molecular weight is 382 g/mol. The summed E-state index contributed by atoms with van der Waals surface area (Å²) in [6, 6.07) is 12.0. The number of nitrogens with zero attached hydrogens (tertiary/aromatic N) is 4. The second-order valence-corrected chi connectivity index (χ2v) is 7.52. The molecule has 0 saturated heterocycles. The third-order valence-electron chi connectivity index (χ3n) is 4.13. The van der Waals surface area contributed by atoms with Crippen LogP contribution in [0.25, 0.3) is 10.8 Å². The number of carbonyl (C=O) groups is 1. The second kappa shape index (κ2) is 8.24. The quantitative estimate of drug-likeness (QED) is 0.653. The number of ether oxygens (including phenoxy) is 1. The van der Waals surface area contributed by atoms with E-state index in [2.05, 4.69) is 26.2 Å². The Kier molecular flexibility index (Phi) is 5.77. The van der Waals surface area contributed by atoms with Crippen molar-refractivity contribution in [1.82, 2.24) is 25.5 Å². The zero-order chi connectivity index (χ0) is 20.1. The summed E-state index contributed by atoms with van der Waals surface area (Å²) in [7, 11) is 0. The molecule has 1 aromatic heterocycles. The van der Waals surface area contributed by atoms with Gasteiger partial charge in [-0.25, -0.2) is 4.68 Å². The van der Waals surface area contributed by atoms with E-state index in [1.165, 1.54) is 0 Å². The van der Waals surface area contributed by atoms with Gasteiger partial charge in [0.2, 0.25) is 5.95 Å². The fraction of sp³-hybridized carbons (Fsp3) is 0.400. The number of tetrazole rings is 1. The lowest BCUT2D eigenvalue weighted by atomic mass is 10.0. The number of nitrogens with one attached hydrogen (secondary N) is 2. The molecule has 0 radical (unpaired) electrons. The second-order valence-electron chi connectivity index (χ2n) is 7.52. The van der Waals surface area contributed by atoms with Crippen LogP contribution in [0.2, 0.25) is 0 Å². The van der Waals surface area contributed by atoms with Gasteiger partial charge in [0.25, 0.3) is 5.91 Å². The third kappa shape index (κ3) is 4.76. The molecule has 0 atom stereocenters. The van der Waals surface area contributed by atoms with Gasteiger partial charge < -0.3 is 15.4 Å². The molecular formula is C20H26N6O2. The summed E-state index contributed by atoms with van der Waals surface area (Å²) in [6.45, 7) is 8.88. The normalized spacial score (nSPS) is 11.4. The van der Waals surface area contributed by atoms with Crippen molar-refractivity contribution in [3.8, 4) is 5.75 Å². The number of rotatable bonds is 7. The number of amides is 1. The minimum absolute atomic E-state index is 0.0463. The monoisotopic (exact) mass is 382 g/mol. The van der Waals surface area contributed by atoms with E-state index in [-0.39, 0.29) is 18.1 Å². The van der Waals surface area contributed by atoms with E-state index in [1.807, 2.05) is 64.1 Å². The molecule has 0 aliphatic heterocycles. The summed E-state index contributed by atoms with van der Waals surface area (Å²) in [5.74, 6) is 1.09. The number of carbonyl (C=O) groups excluding carboxylic acids is 1. The smallest absolute Gasteiger partial charge is 0.258 e. The molecule has 8 nitrogen and oxygen atoms in total. The molecule has 148 valence electrons. The van der Waals surface area contributed by atoms with Gasteiger partial charge in [-0.05, 0) is 55.0 Å². The van der Waals surface area contributed by atoms with Gasteiger partial charge in [0, 0.05) is 24.2 Å². The molecule has 28 heavy (non-hydrogen) atoms. The maximum Gasteiger partial charge on any atom is 0.258 e. The molecule has 0 saturated carbocycles. The molecule has 2 N–H and O–H groups in total. The van der Waals surface area contributed by atoms with E-state index in [0.29, 0.717) is 24.8 Å². The van der Waals surface area contributed by atoms with Gasteiger partial charge in [-0.1, -0.05) is 35.4 Å². The Morgan fingerprint density at radius 3 is 2.71 bits per heavy atom. The molecule has 0 unspecified atom stereocenters. The van der Waals surface area contributed by atoms with Gasteiger partial charge in [-0.3, -0.25) is 4.79 Å². The highest BCUT2D eigenvalue weighted by atomic mass is 16.5. The summed E-state index contributed by atoms with van der Waals surface area (Å²) in [5.41, 5.74) is 0.651. The Bertz CT molecular complexity index is 961. The van der Waals surface area contributed by atoms with Crippen molar-refractivity contribution in [2.45, 2.75) is 46.3 Å². The van der Waals surface area contributed by atoms with Crippen LogP contribution in [0.15, 0.2) is 36.4 Å². The SMILES string of the molecule is CCn1nnnc1NCc1c(OCC(=O)NC(C)(C)C)ccc2ccccc12. The van der Waals surface area contributed by atoms with Crippen LogP contribution in [0.5, 0.6) is 5.75 Å². The van der Waals surface area contributed by atoms with Crippen molar-refractivity contribution in [2.75, 3.05) is 11.9 Å². The predicted molar refractivity (Wildman–Crippen MR) is 108 cm³/mol. The maximum absolute atomic E-state index is 12.2. The minimum Gasteiger partial charge on any atom is -0.483 e. The lowest BCUT2D eigenvalue weighted by Crippen LogP contribution is -2.43. The first-order valence-corrected chi connectivity index (χ1v) is 9.32. The fourth-order valence-electron chi connectivity index (χ4n) is 2.94. The van der Waals surface area contributed by atoms with Crippen molar-refractivity contribution in [3.05, 3.63) is 42.0 Å². The molecule has 3 aromatic rings. The fourth-order valence-corrected chi connectivity index (χ4v) is 2.94. The zero-order valence-electron chi connectivity index (χ0n) is 16.7. The van der Waals surface area contributed by atoms with Crippen LogP contribution >= 0.6 is 0 Å². The molecule has 0 bridgehead atoms. The van der Waals surface area contributed by atoms with Gasteiger partial charge >= 0.3 is 0 Å². The van der Waals surface area contributed by atoms with Crippen LogP contribution in [-0.4, -0.2) is 38.3 Å². The molecule has 1 heterocycles. The summed E-state index contributed by atoms with van der Waals surface area (Å²) < 4.78 is 7.55. The number of aromatic nitrogens is 4. The number of hydrogen-bond acceptors (Lipinski definition) is 6. The first-order valence-electron chi connectivity index (χ1n) is 9.32. The number of hydrogen-bond donors (Lipinski definition) is 2. The number of anilines is 1. The van der Waals surface area contributed by atoms with Crippen LogP contribution in [-0.2, 0) is 17.9 Å². The summed E-state index contributed by atoms with van der Waals surface area (Å²) in [4.78, 5) is 12.2. The van der Waals surface area contributed by atoms with Crippen LogP contribution in [0, 0.1) is 0 Å². The van der Waals surface area contributed by atoms with Crippen molar-refractivity contribution >= 4 is 22.6 Å². The summed E-state index contributed by atoms with van der Waals surface area (Å²) in [6.07, 6.45) is 0. The molecule has 0 spiro atoms. The number of benzene rings is 2. The van der Waals surface area contributed by atoms with E-state index in [4.69, 9.17) is 4.74 Å². The number of aryl methyl sites for hydroxylation is 1. The molecule has 8 heteroatoms. The Hall–Kier alpha value is -3.16. The standard InChI is InChI=1S/C20H26N6O2/c1-5-26-19(23-24-25-26)21-12-16-15-9-7-6-8-14(15)10-11-17(16)28-13-18(27)22-20(2,3)4/h6-11H,5,12-13H2,1-4H3,(H,22,27)(H,21,23,25). The maximum atomic E-state index is 12.2. The van der Waals surface area contributed by atoms with E-state index in [9.17, 15) is 4.79 Å². The van der Waals surface area contributed by atoms with E-state index in [0.717, 1.165) is 16.3 Å². The highest BCUT2D eigenvalue weighted by molar-refractivity contribution is 5.88. The van der Waals surface area contributed by atoms with Gasteiger partial charge in [0.1, 0.15) is 5.75 Å². The Morgan fingerprint density at radius 1 is 1.18 bits per heavy atom. The van der Waals surface area contributed by atoms with E-state index < -0.39 is 0 Å². The Labute approximate surface area is 164 Å². The molecule has 1 amide bonds. The van der Waals surface area contributed by atoms with Crippen molar-refractivity contribution in [2.24, 2.45) is 0 Å². The Morgan fingerprint density at radius 2 is 1.96 bits per heavy atom.